The largest absolute Gasteiger partial charge is 0.450 e. The van der Waals surface area contributed by atoms with Gasteiger partial charge in [0.25, 0.3) is 0 Å². The number of nitrogens with one attached hydrogen (secondary N) is 1. The maximum Gasteiger partial charge on any atom is 0.407 e. The van der Waals surface area contributed by atoms with Crippen LogP contribution in [0.4, 0.5) is 4.79 Å². The van der Waals surface area contributed by atoms with E-state index < -0.39 is 18.1 Å². The van der Waals surface area contributed by atoms with E-state index in [4.69, 9.17) is 62.7 Å². The second-order valence-electron chi connectivity index (χ2n) is 3.91. The number of carbonyl (C=O) groups is 2. The minimum Gasteiger partial charge on any atom is -0.450 e. The molecule has 0 unspecified atom stereocenters. The SMILES string of the molecule is CCOC(=O)N[C@@H](C)C(=O)Oc1c(Cl)c(Cl)c(Cl)c(Cl)c1Cl. The Bertz CT molecular complexity index is 579. The Kier molecular flexibility index (Phi) is 7.35. The van der Waals surface area contributed by atoms with Crippen LogP contribution in [0.5, 0.6) is 5.75 Å². The highest BCUT2D eigenvalue weighted by Crippen LogP contribution is 2.48. The fraction of sp³-hybridized carbons (Fsp3) is 0.333. The van der Waals surface area contributed by atoms with Gasteiger partial charge in [-0.2, -0.15) is 0 Å². The number of carbonyl (C=O) groups excluding carboxylic acids is 2. The smallest absolute Gasteiger partial charge is 0.407 e. The lowest BCUT2D eigenvalue weighted by atomic mass is 10.3. The fourth-order valence-corrected chi connectivity index (χ4v) is 2.47. The highest BCUT2D eigenvalue weighted by atomic mass is 35.5. The van der Waals surface area contributed by atoms with E-state index in [0.29, 0.717) is 0 Å². The summed E-state index contributed by atoms with van der Waals surface area (Å²) in [4.78, 5) is 23.2. The van der Waals surface area contributed by atoms with Crippen LogP contribution in [-0.2, 0) is 9.53 Å². The Morgan fingerprint density at radius 2 is 1.45 bits per heavy atom. The van der Waals surface area contributed by atoms with Crippen molar-refractivity contribution in [3.05, 3.63) is 25.1 Å². The van der Waals surface area contributed by atoms with Gasteiger partial charge in [-0.1, -0.05) is 58.0 Å². The molecule has 0 aliphatic heterocycles. The lowest BCUT2D eigenvalue weighted by Crippen LogP contribution is -2.41. The first kappa shape index (κ1) is 19.5. The molecule has 1 aromatic rings. The van der Waals surface area contributed by atoms with Crippen LogP contribution in [0.25, 0.3) is 0 Å². The Balaban J connectivity index is 2.96. The van der Waals surface area contributed by atoms with Gasteiger partial charge in [0.05, 0.1) is 21.7 Å². The highest BCUT2D eigenvalue weighted by Gasteiger charge is 2.25. The molecule has 1 atom stereocenters. The van der Waals surface area contributed by atoms with Gasteiger partial charge in [-0.05, 0) is 13.8 Å². The average Bonchev–Trinajstić information content (AvgIpc) is 2.47. The summed E-state index contributed by atoms with van der Waals surface area (Å²) >= 11 is 29.4. The third-order valence-corrected chi connectivity index (χ3v) is 4.58. The molecule has 1 rings (SSSR count). The maximum atomic E-state index is 11.9. The van der Waals surface area contributed by atoms with Crippen LogP contribution in [0.15, 0.2) is 0 Å². The second kappa shape index (κ2) is 8.31. The average molecular weight is 409 g/mol. The number of halogens is 5. The summed E-state index contributed by atoms with van der Waals surface area (Å²) < 4.78 is 9.68. The van der Waals surface area contributed by atoms with E-state index in [9.17, 15) is 9.59 Å². The number of hydrogen-bond acceptors (Lipinski definition) is 4. The van der Waals surface area contributed by atoms with Gasteiger partial charge in [-0.15, -0.1) is 0 Å². The molecule has 0 aromatic heterocycles. The summed E-state index contributed by atoms with van der Waals surface area (Å²) in [5.41, 5.74) is 0. The van der Waals surface area contributed by atoms with Crippen molar-refractivity contribution >= 4 is 70.1 Å². The van der Waals surface area contributed by atoms with Crippen LogP contribution < -0.4 is 10.1 Å². The fourth-order valence-electron chi connectivity index (χ4n) is 1.27. The van der Waals surface area contributed by atoms with E-state index in [0.717, 1.165) is 0 Å². The first-order chi connectivity index (χ1) is 10.2. The third kappa shape index (κ3) is 4.46. The summed E-state index contributed by atoms with van der Waals surface area (Å²) in [6.45, 7) is 3.17. The van der Waals surface area contributed by atoms with E-state index in [1.54, 1.807) is 6.92 Å². The quantitative estimate of drug-likeness (QED) is 0.329. The summed E-state index contributed by atoms with van der Waals surface area (Å²) in [5.74, 6) is -1.09. The minimum atomic E-state index is -1.01. The van der Waals surface area contributed by atoms with E-state index in [1.807, 2.05) is 0 Å². The molecule has 0 aliphatic carbocycles. The molecule has 22 heavy (non-hydrogen) atoms. The van der Waals surface area contributed by atoms with Crippen molar-refractivity contribution in [2.45, 2.75) is 19.9 Å². The Morgan fingerprint density at radius 1 is 1.00 bits per heavy atom. The number of hydrogen-bond donors (Lipinski definition) is 1. The van der Waals surface area contributed by atoms with Gasteiger partial charge in [0.1, 0.15) is 16.1 Å². The first-order valence-electron chi connectivity index (χ1n) is 5.87. The summed E-state index contributed by atoms with van der Waals surface area (Å²) in [6, 6.07) is -1.01. The minimum absolute atomic E-state index is 0.0594. The number of esters is 1. The van der Waals surface area contributed by atoms with Gasteiger partial charge in [0.15, 0.2) is 5.75 Å². The molecule has 0 fully saturated rings. The molecule has 0 radical (unpaired) electrons. The van der Waals surface area contributed by atoms with Gasteiger partial charge in [0, 0.05) is 0 Å². The van der Waals surface area contributed by atoms with Gasteiger partial charge in [0.2, 0.25) is 0 Å². The molecule has 1 N–H and O–H groups in total. The summed E-state index contributed by atoms with van der Waals surface area (Å²) in [5, 5.41) is 1.66. The molecular formula is C12H10Cl5NO4. The van der Waals surface area contributed by atoms with Crippen molar-refractivity contribution in [3.63, 3.8) is 0 Å². The summed E-state index contributed by atoms with van der Waals surface area (Å²) in [6.07, 6.45) is -0.767. The van der Waals surface area contributed by atoms with E-state index >= 15 is 0 Å². The Labute approximate surface area is 151 Å². The topological polar surface area (TPSA) is 64.6 Å². The predicted molar refractivity (Wildman–Crippen MR) is 86.7 cm³/mol. The van der Waals surface area contributed by atoms with E-state index in [2.05, 4.69) is 10.1 Å². The molecule has 0 spiro atoms. The van der Waals surface area contributed by atoms with Crippen LogP contribution in [0.3, 0.4) is 0 Å². The zero-order chi connectivity index (χ0) is 17.0. The van der Waals surface area contributed by atoms with Crippen molar-refractivity contribution < 1.29 is 19.1 Å². The lowest BCUT2D eigenvalue weighted by molar-refractivity contribution is -0.136. The number of ether oxygens (including phenoxy) is 2. The molecule has 10 heteroatoms. The van der Waals surface area contributed by atoms with Gasteiger partial charge >= 0.3 is 12.1 Å². The monoisotopic (exact) mass is 407 g/mol. The Hall–Kier alpha value is -0.590. The van der Waals surface area contributed by atoms with Crippen molar-refractivity contribution in [2.24, 2.45) is 0 Å². The number of amides is 1. The van der Waals surface area contributed by atoms with Gasteiger partial charge < -0.3 is 14.8 Å². The zero-order valence-corrected chi connectivity index (χ0v) is 15.1. The Morgan fingerprint density at radius 3 is 1.91 bits per heavy atom. The molecule has 5 nitrogen and oxygen atoms in total. The lowest BCUT2D eigenvalue weighted by Gasteiger charge is -2.16. The van der Waals surface area contributed by atoms with E-state index in [1.165, 1.54) is 6.92 Å². The first-order valence-corrected chi connectivity index (χ1v) is 7.76. The van der Waals surface area contributed by atoms with Crippen molar-refractivity contribution in [3.8, 4) is 5.75 Å². The second-order valence-corrected chi connectivity index (χ2v) is 5.80. The van der Waals surface area contributed by atoms with E-state index in [-0.39, 0.29) is 37.5 Å². The molecule has 122 valence electrons. The van der Waals surface area contributed by atoms with Crippen LogP contribution in [-0.4, -0.2) is 24.7 Å². The van der Waals surface area contributed by atoms with Crippen LogP contribution in [0.2, 0.25) is 25.1 Å². The van der Waals surface area contributed by atoms with Gasteiger partial charge in [-0.25, -0.2) is 9.59 Å². The van der Waals surface area contributed by atoms with Crippen molar-refractivity contribution in [1.29, 1.82) is 0 Å². The highest BCUT2D eigenvalue weighted by molar-refractivity contribution is 6.55. The standard InChI is InChI=1S/C12H10Cl5NO4/c1-3-21-12(20)18-4(2)11(19)22-10-8(16)6(14)5(13)7(15)9(10)17/h4H,3H2,1-2H3,(H,18,20)/t4-/m0/s1. The molecule has 1 aromatic carbocycles. The zero-order valence-electron chi connectivity index (χ0n) is 11.3. The van der Waals surface area contributed by atoms with Crippen LogP contribution >= 0.6 is 58.0 Å². The summed E-state index contributed by atoms with van der Waals surface area (Å²) in [7, 11) is 0. The number of benzene rings is 1. The normalized spacial score (nSPS) is 11.8. The van der Waals surface area contributed by atoms with Crippen LogP contribution in [0.1, 0.15) is 13.8 Å². The van der Waals surface area contributed by atoms with Crippen molar-refractivity contribution in [2.75, 3.05) is 6.61 Å². The predicted octanol–water partition coefficient (Wildman–Crippen LogP) is 4.99. The molecule has 0 bridgehead atoms. The van der Waals surface area contributed by atoms with Crippen molar-refractivity contribution in [1.82, 2.24) is 5.32 Å². The molecular weight excluding hydrogens is 399 g/mol. The molecule has 0 saturated carbocycles. The number of alkyl carbamates (subject to hydrolysis) is 1. The third-order valence-electron chi connectivity index (χ3n) is 2.34. The molecule has 0 heterocycles. The number of rotatable bonds is 4. The van der Waals surface area contributed by atoms with Gasteiger partial charge in [-0.3, -0.25) is 0 Å². The maximum absolute atomic E-state index is 11.9. The molecule has 0 saturated heterocycles. The molecule has 0 aliphatic rings. The van der Waals surface area contributed by atoms with Crippen LogP contribution in [0, 0.1) is 0 Å². The molecule has 1 amide bonds.